The maximum Gasteiger partial charge on any atom is 0.190 e. The Labute approximate surface area is 148 Å². The van der Waals surface area contributed by atoms with Crippen LogP contribution in [0.4, 0.5) is 11.5 Å². The summed E-state index contributed by atoms with van der Waals surface area (Å²) in [6.07, 6.45) is 3.37. The lowest BCUT2D eigenvalue weighted by Crippen LogP contribution is -1.88. The Morgan fingerprint density at radius 1 is 1.12 bits per heavy atom. The number of aliphatic hydroxyl groups excluding tert-OH is 1. The summed E-state index contributed by atoms with van der Waals surface area (Å²) < 4.78 is 7.26. The largest absolute Gasteiger partial charge is 0.463 e. The summed E-state index contributed by atoms with van der Waals surface area (Å²) >= 11 is 6.14. The number of halogens is 1. The van der Waals surface area contributed by atoms with E-state index >= 15 is 0 Å². The van der Waals surface area contributed by atoms with Crippen molar-refractivity contribution in [2.45, 2.75) is 6.61 Å². The smallest absolute Gasteiger partial charge is 0.190 e. The first-order valence-electron chi connectivity index (χ1n) is 7.58. The van der Waals surface area contributed by atoms with Crippen molar-refractivity contribution in [1.82, 2.24) is 9.38 Å². The van der Waals surface area contributed by atoms with Gasteiger partial charge in [0, 0.05) is 6.20 Å². The number of hydrogen-bond acceptors (Lipinski definition) is 5. The molecule has 0 fully saturated rings. The number of benzene rings is 1. The molecule has 25 heavy (non-hydrogen) atoms. The third-order valence-electron chi connectivity index (χ3n) is 3.71. The van der Waals surface area contributed by atoms with Crippen molar-refractivity contribution in [1.29, 1.82) is 0 Å². The van der Waals surface area contributed by atoms with Crippen molar-refractivity contribution in [3.8, 4) is 11.5 Å². The Balaban J connectivity index is 1.88. The number of nitrogens with zero attached hydrogens (tertiary/aromatic N) is 4. The number of pyridine rings is 1. The van der Waals surface area contributed by atoms with E-state index in [-0.39, 0.29) is 6.61 Å². The number of imidazole rings is 1. The SMILES string of the molecule is OCc1ccn2c(N=Nc3ccccc3Cl)c(-c3ccco3)nc2c1. The Kier molecular flexibility index (Phi) is 4.05. The zero-order valence-electron chi connectivity index (χ0n) is 13.0. The van der Waals surface area contributed by atoms with Crippen molar-refractivity contribution in [2.24, 2.45) is 10.2 Å². The summed E-state index contributed by atoms with van der Waals surface area (Å²) in [4.78, 5) is 4.57. The van der Waals surface area contributed by atoms with Gasteiger partial charge in [0.2, 0.25) is 0 Å². The minimum absolute atomic E-state index is 0.0596. The predicted molar refractivity (Wildman–Crippen MR) is 94.4 cm³/mol. The van der Waals surface area contributed by atoms with Gasteiger partial charge in [-0.1, -0.05) is 23.7 Å². The predicted octanol–water partition coefficient (Wildman–Crippen LogP) is 5.16. The van der Waals surface area contributed by atoms with Gasteiger partial charge in [0.05, 0.1) is 17.9 Å². The van der Waals surface area contributed by atoms with Crippen LogP contribution in [0.1, 0.15) is 5.56 Å². The summed E-state index contributed by atoms with van der Waals surface area (Å²) in [6.45, 7) is -0.0596. The van der Waals surface area contributed by atoms with Gasteiger partial charge in [0.15, 0.2) is 17.3 Å². The van der Waals surface area contributed by atoms with Crippen LogP contribution in [0.3, 0.4) is 0 Å². The molecule has 124 valence electrons. The van der Waals surface area contributed by atoms with Crippen molar-refractivity contribution in [3.05, 3.63) is 71.6 Å². The van der Waals surface area contributed by atoms with E-state index in [1.54, 1.807) is 47.2 Å². The summed E-state index contributed by atoms with van der Waals surface area (Å²) in [7, 11) is 0. The van der Waals surface area contributed by atoms with E-state index in [1.165, 1.54) is 0 Å². The van der Waals surface area contributed by atoms with Crippen LogP contribution in [-0.4, -0.2) is 14.5 Å². The number of fused-ring (bicyclic) bond motifs is 1. The van der Waals surface area contributed by atoms with Crippen LogP contribution in [0.5, 0.6) is 0 Å². The number of azo groups is 1. The molecule has 0 bridgehead atoms. The van der Waals surface area contributed by atoms with E-state index in [0.29, 0.717) is 33.6 Å². The molecular formula is C18H13ClN4O2. The number of hydrogen-bond donors (Lipinski definition) is 1. The topological polar surface area (TPSA) is 75.4 Å². The third-order valence-corrected chi connectivity index (χ3v) is 4.03. The highest BCUT2D eigenvalue weighted by molar-refractivity contribution is 6.32. The van der Waals surface area contributed by atoms with Gasteiger partial charge in [-0.25, -0.2) is 4.98 Å². The standard InChI is InChI=1S/C18H13ClN4O2/c19-13-4-1-2-5-14(13)21-22-18-17(15-6-3-9-25-15)20-16-10-12(11-24)7-8-23(16)18/h1-10,24H,11H2. The first kappa shape index (κ1) is 15.6. The molecule has 1 aromatic carbocycles. The average molecular weight is 353 g/mol. The number of furan rings is 1. The van der Waals surface area contributed by atoms with Gasteiger partial charge < -0.3 is 9.52 Å². The van der Waals surface area contributed by atoms with Crippen LogP contribution in [-0.2, 0) is 6.61 Å². The lowest BCUT2D eigenvalue weighted by Gasteiger charge is -2.00. The molecule has 3 heterocycles. The van der Waals surface area contributed by atoms with Crippen molar-refractivity contribution in [2.75, 3.05) is 0 Å². The van der Waals surface area contributed by atoms with Gasteiger partial charge in [-0.2, -0.15) is 0 Å². The molecule has 0 aliphatic rings. The molecule has 0 unspecified atom stereocenters. The quantitative estimate of drug-likeness (QED) is 0.516. The second-order valence-corrected chi connectivity index (χ2v) is 5.74. The highest BCUT2D eigenvalue weighted by atomic mass is 35.5. The lowest BCUT2D eigenvalue weighted by atomic mass is 10.3. The molecule has 3 aromatic heterocycles. The van der Waals surface area contributed by atoms with Crippen molar-refractivity contribution < 1.29 is 9.52 Å². The van der Waals surface area contributed by atoms with E-state index in [1.807, 2.05) is 18.2 Å². The molecule has 6 nitrogen and oxygen atoms in total. The van der Waals surface area contributed by atoms with Crippen LogP contribution in [0.2, 0.25) is 5.02 Å². The zero-order chi connectivity index (χ0) is 17.2. The normalized spacial score (nSPS) is 11.6. The van der Waals surface area contributed by atoms with Crippen molar-refractivity contribution in [3.63, 3.8) is 0 Å². The van der Waals surface area contributed by atoms with E-state index in [4.69, 9.17) is 16.0 Å². The molecule has 0 spiro atoms. The molecule has 0 saturated heterocycles. The maximum atomic E-state index is 9.33. The Hall–Kier alpha value is -2.96. The third kappa shape index (κ3) is 2.93. The minimum atomic E-state index is -0.0596. The van der Waals surface area contributed by atoms with E-state index < -0.39 is 0 Å². The van der Waals surface area contributed by atoms with E-state index in [2.05, 4.69) is 15.2 Å². The van der Waals surface area contributed by atoms with Crippen molar-refractivity contribution >= 4 is 28.8 Å². The fraction of sp³-hybridized carbons (Fsp3) is 0.0556. The summed E-state index contributed by atoms with van der Waals surface area (Å²) in [5, 5.41) is 18.5. The van der Waals surface area contributed by atoms with Crippen LogP contribution in [0, 0.1) is 0 Å². The summed E-state index contributed by atoms with van der Waals surface area (Å²) in [5.41, 5.74) is 2.54. The van der Waals surface area contributed by atoms with Gasteiger partial charge in [0.25, 0.3) is 0 Å². The highest BCUT2D eigenvalue weighted by Gasteiger charge is 2.16. The average Bonchev–Trinajstić information content (AvgIpc) is 3.28. The molecule has 0 aliphatic carbocycles. The van der Waals surface area contributed by atoms with Gasteiger partial charge in [-0.05, 0) is 42.0 Å². The number of rotatable bonds is 4. The summed E-state index contributed by atoms with van der Waals surface area (Å²) in [6, 6.07) is 14.4. The fourth-order valence-corrected chi connectivity index (χ4v) is 2.65. The monoisotopic (exact) mass is 352 g/mol. The molecular weight excluding hydrogens is 340 g/mol. The summed E-state index contributed by atoms with van der Waals surface area (Å²) in [5.74, 6) is 1.11. The molecule has 0 saturated carbocycles. The van der Waals surface area contributed by atoms with E-state index in [0.717, 1.165) is 5.56 Å². The Morgan fingerprint density at radius 3 is 2.76 bits per heavy atom. The highest BCUT2D eigenvalue weighted by Crippen LogP contribution is 2.34. The van der Waals surface area contributed by atoms with Crippen LogP contribution in [0.25, 0.3) is 17.1 Å². The number of aliphatic hydroxyl groups is 1. The molecule has 4 rings (SSSR count). The first-order chi connectivity index (χ1) is 12.3. The Morgan fingerprint density at radius 2 is 2.00 bits per heavy atom. The van der Waals surface area contributed by atoms with Crippen LogP contribution >= 0.6 is 11.6 Å². The van der Waals surface area contributed by atoms with Crippen LogP contribution < -0.4 is 0 Å². The second kappa shape index (κ2) is 6.51. The van der Waals surface area contributed by atoms with Gasteiger partial charge in [-0.15, -0.1) is 10.2 Å². The molecule has 7 heteroatoms. The van der Waals surface area contributed by atoms with Crippen LogP contribution in [0.15, 0.2) is 75.6 Å². The Bertz CT molecular complexity index is 1050. The fourth-order valence-electron chi connectivity index (χ4n) is 2.48. The molecule has 1 N–H and O–H groups in total. The van der Waals surface area contributed by atoms with E-state index in [9.17, 15) is 5.11 Å². The molecule has 0 aliphatic heterocycles. The maximum absolute atomic E-state index is 9.33. The molecule has 0 amide bonds. The van der Waals surface area contributed by atoms with Gasteiger partial charge in [-0.3, -0.25) is 4.40 Å². The zero-order valence-corrected chi connectivity index (χ0v) is 13.8. The molecule has 0 atom stereocenters. The van der Waals surface area contributed by atoms with Gasteiger partial charge >= 0.3 is 0 Å². The first-order valence-corrected chi connectivity index (χ1v) is 7.96. The number of aromatic nitrogens is 2. The minimum Gasteiger partial charge on any atom is -0.463 e. The second-order valence-electron chi connectivity index (χ2n) is 5.33. The van der Waals surface area contributed by atoms with Gasteiger partial charge in [0.1, 0.15) is 11.3 Å². The molecule has 4 aromatic rings. The lowest BCUT2D eigenvalue weighted by molar-refractivity contribution is 0.282. The molecule has 0 radical (unpaired) electrons.